The lowest BCUT2D eigenvalue weighted by atomic mass is 10.0. The van der Waals surface area contributed by atoms with Gasteiger partial charge >= 0.3 is 19.8 Å². The van der Waals surface area contributed by atoms with Crippen LogP contribution in [0, 0.1) is 0 Å². The van der Waals surface area contributed by atoms with Crippen molar-refractivity contribution in [1.29, 1.82) is 0 Å². The molecule has 0 aliphatic carbocycles. The van der Waals surface area contributed by atoms with Gasteiger partial charge in [0.2, 0.25) is 0 Å². The normalized spacial score (nSPS) is 14.2. The Kier molecular flexibility index (Phi) is 39.1. The summed E-state index contributed by atoms with van der Waals surface area (Å²) in [5, 5.41) is 0. The van der Waals surface area contributed by atoms with Crippen LogP contribution in [-0.2, 0) is 32.7 Å². The molecule has 0 saturated heterocycles. The van der Waals surface area contributed by atoms with Gasteiger partial charge in [0.05, 0.1) is 27.7 Å². The van der Waals surface area contributed by atoms with Crippen LogP contribution < -0.4 is 0 Å². The Hall–Kier alpha value is -2.55. The Bertz CT molecular complexity index is 1230. The van der Waals surface area contributed by atoms with Crippen LogP contribution in [0.4, 0.5) is 0 Å². The number of rotatable bonds is 41. The number of likely N-dealkylation sites (N-methyl/N-ethyl adjacent to an activating group) is 1. The maximum Gasteiger partial charge on any atom is 0.472 e. The lowest BCUT2D eigenvalue weighted by Gasteiger charge is -2.24. The molecule has 0 radical (unpaired) electrons. The number of phosphoric acid groups is 1. The van der Waals surface area contributed by atoms with Crippen molar-refractivity contribution in [3.05, 3.63) is 72.9 Å². The molecule has 0 heterocycles. The highest BCUT2D eigenvalue weighted by atomic mass is 31.2. The number of esters is 2. The average Bonchev–Trinajstić information content (AvgIpc) is 3.19. The third-order valence-electron chi connectivity index (χ3n) is 9.51. The topological polar surface area (TPSA) is 108 Å². The molecule has 0 aromatic rings. The fourth-order valence-electron chi connectivity index (χ4n) is 5.92. The van der Waals surface area contributed by atoms with E-state index in [1.807, 2.05) is 33.3 Å². The quantitative estimate of drug-likeness (QED) is 0.0213. The third kappa shape index (κ3) is 44.8. The van der Waals surface area contributed by atoms with Gasteiger partial charge in [-0.25, -0.2) is 4.57 Å². The summed E-state index contributed by atoms with van der Waals surface area (Å²) >= 11 is 0. The second kappa shape index (κ2) is 40.8. The number of ether oxygens (including phenoxy) is 2. The summed E-state index contributed by atoms with van der Waals surface area (Å²) in [7, 11) is 1.42. The second-order valence-corrected chi connectivity index (χ2v) is 17.9. The maximum atomic E-state index is 12.7. The van der Waals surface area contributed by atoms with Crippen LogP contribution in [-0.4, -0.2) is 74.9 Å². The highest BCUT2D eigenvalue weighted by Crippen LogP contribution is 2.43. The van der Waals surface area contributed by atoms with Crippen LogP contribution in [0.5, 0.6) is 0 Å². The zero-order chi connectivity index (χ0) is 43.6. The van der Waals surface area contributed by atoms with Gasteiger partial charge in [-0.15, -0.1) is 0 Å². The summed E-state index contributed by atoms with van der Waals surface area (Å²) in [6.07, 6.45) is 51.1. The maximum absolute atomic E-state index is 12.7. The Labute approximate surface area is 361 Å². The summed E-state index contributed by atoms with van der Waals surface area (Å²) in [6, 6.07) is 0. The summed E-state index contributed by atoms with van der Waals surface area (Å²) < 4.78 is 34.3. The molecule has 0 spiro atoms. The Morgan fingerprint density at radius 3 is 1.41 bits per heavy atom. The first-order valence-corrected chi connectivity index (χ1v) is 24.7. The highest BCUT2D eigenvalue weighted by Gasteiger charge is 2.27. The fourth-order valence-corrected chi connectivity index (χ4v) is 6.66. The molecule has 0 bridgehead atoms. The molecular formula is C49H87NO8P+. The molecule has 0 aliphatic heterocycles. The molecule has 0 rings (SSSR count). The van der Waals surface area contributed by atoms with E-state index in [9.17, 15) is 19.0 Å². The van der Waals surface area contributed by atoms with Crippen molar-refractivity contribution in [3.8, 4) is 0 Å². The Morgan fingerprint density at radius 1 is 0.542 bits per heavy atom. The molecule has 0 aromatic carbocycles. The summed E-state index contributed by atoms with van der Waals surface area (Å²) in [6.45, 7) is 4.22. The van der Waals surface area contributed by atoms with E-state index in [1.165, 1.54) is 83.5 Å². The summed E-state index contributed by atoms with van der Waals surface area (Å²) in [5.74, 6) is -0.897. The van der Waals surface area contributed by atoms with Crippen molar-refractivity contribution < 1.29 is 42.1 Å². The molecule has 9 nitrogen and oxygen atoms in total. The first kappa shape index (κ1) is 56.5. The van der Waals surface area contributed by atoms with Gasteiger partial charge in [0.25, 0.3) is 0 Å². The van der Waals surface area contributed by atoms with Crippen LogP contribution in [0.25, 0.3) is 0 Å². The zero-order valence-electron chi connectivity index (χ0n) is 38.2. The second-order valence-electron chi connectivity index (χ2n) is 16.4. The molecule has 0 aromatic heterocycles. The molecule has 10 heteroatoms. The summed E-state index contributed by atoms with van der Waals surface area (Å²) in [5.41, 5.74) is 0. The monoisotopic (exact) mass is 849 g/mol. The third-order valence-corrected chi connectivity index (χ3v) is 10.5. The van der Waals surface area contributed by atoms with Crippen molar-refractivity contribution in [2.24, 2.45) is 0 Å². The number of allylic oxidation sites excluding steroid dienone is 12. The van der Waals surface area contributed by atoms with Gasteiger partial charge in [-0.05, 0) is 51.4 Å². The number of nitrogens with zero attached hydrogens (tertiary/aromatic N) is 1. The van der Waals surface area contributed by atoms with Crippen LogP contribution in [0.3, 0.4) is 0 Å². The molecule has 0 aliphatic rings. The minimum absolute atomic E-state index is 0.0159. The Balaban J connectivity index is 4.46. The van der Waals surface area contributed by atoms with Crippen LogP contribution in [0.1, 0.15) is 174 Å². The van der Waals surface area contributed by atoms with Gasteiger partial charge in [-0.1, -0.05) is 183 Å². The predicted molar refractivity (Wildman–Crippen MR) is 247 cm³/mol. The number of unbranched alkanes of at least 4 members (excludes halogenated alkanes) is 15. The molecule has 2 atom stereocenters. The zero-order valence-corrected chi connectivity index (χ0v) is 39.1. The van der Waals surface area contributed by atoms with E-state index < -0.39 is 26.5 Å². The van der Waals surface area contributed by atoms with Gasteiger partial charge in [-0.2, -0.15) is 0 Å². The highest BCUT2D eigenvalue weighted by molar-refractivity contribution is 7.47. The van der Waals surface area contributed by atoms with E-state index in [-0.39, 0.29) is 32.0 Å². The minimum Gasteiger partial charge on any atom is -0.462 e. The number of hydrogen-bond acceptors (Lipinski definition) is 7. The van der Waals surface area contributed by atoms with Gasteiger partial charge in [0.15, 0.2) is 6.10 Å². The first-order valence-electron chi connectivity index (χ1n) is 23.2. The number of hydrogen-bond donors (Lipinski definition) is 1. The lowest BCUT2D eigenvalue weighted by Crippen LogP contribution is -2.37. The van der Waals surface area contributed by atoms with E-state index in [2.05, 4.69) is 74.6 Å². The van der Waals surface area contributed by atoms with Crippen LogP contribution in [0.2, 0.25) is 0 Å². The van der Waals surface area contributed by atoms with Crippen molar-refractivity contribution >= 4 is 19.8 Å². The summed E-state index contributed by atoms with van der Waals surface area (Å²) in [4.78, 5) is 35.4. The smallest absolute Gasteiger partial charge is 0.462 e. The minimum atomic E-state index is -4.40. The van der Waals surface area contributed by atoms with Crippen molar-refractivity contribution in [2.45, 2.75) is 180 Å². The number of phosphoric ester groups is 1. The van der Waals surface area contributed by atoms with E-state index in [0.717, 1.165) is 57.8 Å². The average molecular weight is 849 g/mol. The number of carbonyl (C=O) groups excluding carboxylic acids is 2. The van der Waals surface area contributed by atoms with E-state index in [1.54, 1.807) is 0 Å². The predicted octanol–water partition coefficient (Wildman–Crippen LogP) is 13.4. The van der Waals surface area contributed by atoms with Crippen molar-refractivity contribution in [1.82, 2.24) is 0 Å². The Morgan fingerprint density at radius 2 is 0.966 bits per heavy atom. The molecule has 0 fully saturated rings. The molecule has 340 valence electrons. The fraction of sp³-hybridized carbons (Fsp3) is 0.714. The lowest BCUT2D eigenvalue weighted by molar-refractivity contribution is -0.870. The largest absolute Gasteiger partial charge is 0.472 e. The van der Waals surface area contributed by atoms with Crippen LogP contribution >= 0.6 is 7.82 Å². The van der Waals surface area contributed by atoms with Gasteiger partial charge in [-0.3, -0.25) is 18.6 Å². The van der Waals surface area contributed by atoms with Crippen molar-refractivity contribution in [2.75, 3.05) is 47.5 Å². The van der Waals surface area contributed by atoms with E-state index >= 15 is 0 Å². The van der Waals surface area contributed by atoms with Crippen molar-refractivity contribution in [3.63, 3.8) is 0 Å². The van der Waals surface area contributed by atoms with Gasteiger partial charge in [0.1, 0.15) is 19.8 Å². The molecule has 0 amide bonds. The van der Waals surface area contributed by atoms with Gasteiger partial charge in [0, 0.05) is 12.8 Å². The molecule has 59 heavy (non-hydrogen) atoms. The SMILES string of the molecule is CC/C=C\C/C=C\C/C=C\C/C=C\C/C=C\C/C=C\CCC(=O)O[C@H](COC(=O)CCCCCCCCCCCCCCCCCC)COP(=O)(O)OCC[N+](C)(C)C. The van der Waals surface area contributed by atoms with Gasteiger partial charge < -0.3 is 18.9 Å². The van der Waals surface area contributed by atoms with E-state index in [4.69, 9.17) is 18.5 Å². The first-order chi connectivity index (χ1) is 28.5. The number of quaternary nitrogens is 1. The number of carbonyl (C=O) groups is 2. The molecular weight excluding hydrogens is 762 g/mol. The molecule has 0 saturated carbocycles. The van der Waals surface area contributed by atoms with E-state index in [0.29, 0.717) is 17.4 Å². The molecule has 1 N–H and O–H groups in total. The van der Waals surface area contributed by atoms with Crippen LogP contribution in [0.15, 0.2) is 72.9 Å². The molecule has 1 unspecified atom stereocenters. The standard InChI is InChI=1S/C49H86NO8P/c1-6-8-10-12-14-16-18-20-22-24-25-26-28-30-32-34-36-38-40-42-49(52)58-47(46-57-59(53,54)56-44-43-50(3,4)5)45-55-48(51)41-39-37-35-33-31-29-27-23-21-19-17-15-13-11-9-7-2/h8,10,14,16,20,22,25-26,30,32,36,38,47H,6-7,9,11-13,15,17-19,21,23-24,27-29,31,33-35,37,39-46H2,1-5H3/p+1/b10-8-,16-14-,22-20-,26-25-,32-30-,38-36-/t47-/m1/s1.